The lowest BCUT2D eigenvalue weighted by molar-refractivity contribution is 0.0202. The Kier molecular flexibility index (Phi) is 7.92. The van der Waals surface area contributed by atoms with Gasteiger partial charge in [-0.15, -0.1) is 0 Å². The molecule has 0 heterocycles. The van der Waals surface area contributed by atoms with Crippen molar-refractivity contribution in [2.75, 3.05) is 7.11 Å². The number of hydroxylamine groups is 1. The van der Waals surface area contributed by atoms with E-state index in [2.05, 4.69) is 66.9 Å². The molecular formula is C16H31NO2S. The van der Waals surface area contributed by atoms with E-state index in [1.807, 2.05) is 6.20 Å². The first-order valence-corrected chi connectivity index (χ1v) is 7.78. The molecule has 118 valence electrons. The molecular weight excluding hydrogens is 270 g/mol. The zero-order valence-electron chi connectivity index (χ0n) is 14.5. The van der Waals surface area contributed by atoms with Crippen molar-refractivity contribution in [1.29, 1.82) is 0 Å². The van der Waals surface area contributed by atoms with Crippen LogP contribution in [0, 0.1) is 11.3 Å². The van der Waals surface area contributed by atoms with Gasteiger partial charge in [-0.25, -0.2) is 0 Å². The average Bonchev–Trinajstić information content (AvgIpc) is 2.30. The third kappa shape index (κ3) is 6.82. The van der Waals surface area contributed by atoms with Gasteiger partial charge in [0.2, 0.25) is 0 Å². The molecule has 0 spiro atoms. The van der Waals surface area contributed by atoms with Crippen molar-refractivity contribution in [3.63, 3.8) is 0 Å². The van der Waals surface area contributed by atoms with Gasteiger partial charge in [0.15, 0.2) is 0 Å². The lowest BCUT2D eigenvalue weighted by Crippen LogP contribution is -2.37. The molecule has 0 saturated carbocycles. The summed E-state index contributed by atoms with van der Waals surface area (Å²) in [5.74, 6) is 0.511. The second kappa shape index (κ2) is 8.11. The molecule has 0 aliphatic heterocycles. The van der Waals surface area contributed by atoms with Crippen LogP contribution in [0.3, 0.4) is 0 Å². The zero-order chi connectivity index (χ0) is 16.0. The summed E-state index contributed by atoms with van der Waals surface area (Å²) in [6.45, 7) is 17.2. The largest absolute Gasteiger partial charge is 0.304 e. The molecule has 20 heavy (non-hydrogen) atoms. The fourth-order valence-corrected chi connectivity index (χ4v) is 1.76. The van der Waals surface area contributed by atoms with Crippen LogP contribution in [-0.2, 0) is 9.02 Å². The molecule has 0 aromatic rings. The highest BCUT2D eigenvalue weighted by molar-refractivity contribution is 7.98. The Morgan fingerprint density at radius 3 is 2.10 bits per heavy atom. The maximum atomic E-state index is 6.04. The smallest absolute Gasteiger partial charge is 0.0825 e. The van der Waals surface area contributed by atoms with Crippen LogP contribution in [0.2, 0.25) is 0 Å². The standard InChI is InChI=1S/C16H31NO2S/c1-12(2)13(3)10-14(11-17-18-9)20-19-16(7,8)15(4,5)6/h10-12,17H,1-9H3/b13-10-,14-11+. The summed E-state index contributed by atoms with van der Waals surface area (Å²) < 4.78 is 6.04. The Balaban J connectivity index is 4.91. The lowest BCUT2D eigenvalue weighted by Gasteiger charge is -2.37. The van der Waals surface area contributed by atoms with E-state index < -0.39 is 0 Å². The number of rotatable bonds is 7. The molecule has 0 aliphatic carbocycles. The summed E-state index contributed by atoms with van der Waals surface area (Å²) in [6, 6.07) is 0. The van der Waals surface area contributed by atoms with Crippen molar-refractivity contribution in [2.45, 2.75) is 61.0 Å². The predicted molar refractivity (Wildman–Crippen MR) is 89.0 cm³/mol. The van der Waals surface area contributed by atoms with E-state index in [9.17, 15) is 0 Å². The summed E-state index contributed by atoms with van der Waals surface area (Å²) in [4.78, 5) is 5.88. The van der Waals surface area contributed by atoms with Gasteiger partial charge in [-0.05, 0) is 38.2 Å². The van der Waals surface area contributed by atoms with Crippen LogP contribution < -0.4 is 5.48 Å². The van der Waals surface area contributed by atoms with E-state index in [1.54, 1.807) is 7.11 Å². The average molecular weight is 301 g/mol. The number of nitrogens with one attached hydrogen (secondary N) is 1. The van der Waals surface area contributed by atoms with Gasteiger partial charge in [0, 0.05) is 18.2 Å². The van der Waals surface area contributed by atoms with Gasteiger partial charge in [0.1, 0.15) is 0 Å². The Morgan fingerprint density at radius 2 is 1.70 bits per heavy atom. The molecule has 0 atom stereocenters. The van der Waals surface area contributed by atoms with Crippen molar-refractivity contribution >= 4 is 12.0 Å². The Bertz CT molecular complexity index is 352. The minimum Gasteiger partial charge on any atom is -0.304 e. The van der Waals surface area contributed by atoms with Crippen LogP contribution in [0.15, 0.2) is 22.8 Å². The fraction of sp³-hybridized carbons (Fsp3) is 0.750. The molecule has 0 bridgehead atoms. The van der Waals surface area contributed by atoms with Crippen molar-refractivity contribution in [1.82, 2.24) is 5.48 Å². The highest BCUT2D eigenvalue weighted by Crippen LogP contribution is 2.38. The Labute approximate surface area is 129 Å². The quantitative estimate of drug-likeness (QED) is 0.404. The highest BCUT2D eigenvalue weighted by atomic mass is 32.2. The summed E-state index contributed by atoms with van der Waals surface area (Å²) in [6.07, 6.45) is 3.94. The molecule has 1 N–H and O–H groups in total. The van der Waals surface area contributed by atoms with Crippen molar-refractivity contribution in [3.8, 4) is 0 Å². The van der Waals surface area contributed by atoms with Gasteiger partial charge >= 0.3 is 0 Å². The van der Waals surface area contributed by atoms with Gasteiger partial charge in [0.25, 0.3) is 0 Å². The summed E-state index contributed by atoms with van der Waals surface area (Å²) in [5, 5.41) is 0. The fourth-order valence-electron chi connectivity index (χ4n) is 0.875. The Morgan fingerprint density at radius 1 is 1.15 bits per heavy atom. The number of allylic oxidation sites excluding steroid dienone is 2. The molecule has 0 aliphatic rings. The molecule has 0 fully saturated rings. The van der Waals surface area contributed by atoms with Gasteiger partial charge in [0.05, 0.1) is 17.6 Å². The van der Waals surface area contributed by atoms with Gasteiger partial charge in [-0.1, -0.05) is 40.2 Å². The molecule has 0 unspecified atom stereocenters. The second-order valence-corrected chi connectivity index (χ2v) is 7.64. The molecule has 0 rings (SSSR count). The minimum absolute atomic E-state index is 0.0661. The maximum Gasteiger partial charge on any atom is 0.0825 e. The van der Waals surface area contributed by atoms with Crippen LogP contribution in [0.25, 0.3) is 0 Å². The first kappa shape index (κ1) is 19.6. The van der Waals surface area contributed by atoms with Crippen molar-refractivity contribution in [2.24, 2.45) is 11.3 Å². The zero-order valence-corrected chi connectivity index (χ0v) is 15.3. The molecule has 0 radical (unpaired) electrons. The summed E-state index contributed by atoms with van der Waals surface area (Å²) in [5.41, 5.74) is 3.90. The molecule has 0 amide bonds. The third-order valence-corrected chi connectivity index (χ3v) is 4.68. The van der Waals surface area contributed by atoms with Crippen LogP contribution >= 0.6 is 12.0 Å². The molecule has 4 heteroatoms. The van der Waals surface area contributed by atoms with E-state index >= 15 is 0 Å². The second-order valence-electron chi connectivity index (χ2n) is 6.84. The van der Waals surface area contributed by atoms with E-state index in [0.717, 1.165) is 4.91 Å². The molecule has 0 aromatic heterocycles. The van der Waals surface area contributed by atoms with E-state index in [1.165, 1.54) is 17.6 Å². The first-order chi connectivity index (χ1) is 9.01. The van der Waals surface area contributed by atoms with Crippen molar-refractivity contribution < 1.29 is 9.02 Å². The van der Waals surface area contributed by atoms with Crippen LogP contribution in [0.4, 0.5) is 0 Å². The number of hydrogen-bond donors (Lipinski definition) is 1. The monoisotopic (exact) mass is 301 g/mol. The third-order valence-electron chi connectivity index (χ3n) is 3.75. The van der Waals surface area contributed by atoms with Gasteiger partial charge in [-0.2, -0.15) is 0 Å². The predicted octanol–water partition coefficient (Wildman–Crippen LogP) is 5.07. The molecule has 3 nitrogen and oxygen atoms in total. The summed E-state index contributed by atoms with van der Waals surface area (Å²) >= 11 is 1.38. The highest BCUT2D eigenvalue weighted by Gasteiger charge is 2.34. The van der Waals surface area contributed by atoms with Gasteiger partial charge < -0.3 is 4.18 Å². The van der Waals surface area contributed by atoms with E-state index in [0.29, 0.717) is 5.92 Å². The van der Waals surface area contributed by atoms with Crippen LogP contribution in [-0.4, -0.2) is 12.7 Å². The topological polar surface area (TPSA) is 30.5 Å². The minimum atomic E-state index is -0.233. The molecule has 0 saturated heterocycles. The van der Waals surface area contributed by atoms with E-state index in [4.69, 9.17) is 9.02 Å². The van der Waals surface area contributed by atoms with E-state index in [-0.39, 0.29) is 11.0 Å². The normalized spacial score (nSPS) is 14.9. The molecule has 0 aromatic carbocycles. The van der Waals surface area contributed by atoms with Crippen LogP contribution in [0.1, 0.15) is 55.4 Å². The van der Waals surface area contributed by atoms with Crippen LogP contribution in [0.5, 0.6) is 0 Å². The number of hydrogen-bond acceptors (Lipinski definition) is 4. The lowest BCUT2D eigenvalue weighted by atomic mass is 9.79. The SMILES string of the molecule is CON/C=C(\C=C(\C)C(C)C)SOC(C)(C)C(C)(C)C. The first-order valence-electron chi connectivity index (χ1n) is 7.04. The Hall–Kier alpha value is -0.450. The van der Waals surface area contributed by atoms with Gasteiger partial charge in [-0.3, -0.25) is 10.3 Å². The maximum absolute atomic E-state index is 6.04. The summed E-state index contributed by atoms with van der Waals surface area (Å²) in [7, 11) is 1.59. The van der Waals surface area contributed by atoms with Crippen molar-refractivity contribution in [3.05, 3.63) is 22.8 Å².